The second-order valence-corrected chi connectivity index (χ2v) is 6.07. The predicted octanol–water partition coefficient (Wildman–Crippen LogP) is 2.76. The summed E-state index contributed by atoms with van der Waals surface area (Å²) in [5.41, 5.74) is 2.69. The molecule has 1 aromatic carbocycles. The van der Waals surface area contributed by atoms with E-state index in [0.717, 1.165) is 18.9 Å². The van der Waals surface area contributed by atoms with Crippen molar-refractivity contribution in [3.63, 3.8) is 0 Å². The van der Waals surface area contributed by atoms with Crippen LogP contribution in [-0.4, -0.2) is 37.2 Å². The minimum Gasteiger partial charge on any atom is -0.493 e. The monoisotopic (exact) mass is 260 g/mol. The van der Waals surface area contributed by atoms with Crippen LogP contribution in [0.25, 0.3) is 0 Å². The van der Waals surface area contributed by atoms with E-state index in [2.05, 4.69) is 42.3 Å². The number of ether oxygens (including phenoxy) is 1. The Morgan fingerprint density at radius 1 is 1.37 bits per heavy atom. The van der Waals surface area contributed by atoms with Crippen LogP contribution < -0.4 is 10.1 Å². The highest BCUT2D eigenvalue weighted by Gasteiger charge is 2.28. The summed E-state index contributed by atoms with van der Waals surface area (Å²) in [5.74, 6) is 1.74. The summed E-state index contributed by atoms with van der Waals surface area (Å²) in [5, 5.41) is 3.43. The first-order valence-electron chi connectivity index (χ1n) is 7.46. The van der Waals surface area contributed by atoms with E-state index in [-0.39, 0.29) is 0 Å². The summed E-state index contributed by atoms with van der Waals surface area (Å²) in [7, 11) is 0. The molecule has 3 nitrogen and oxygen atoms in total. The third-order valence-electron chi connectivity index (χ3n) is 4.22. The summed E-state index contributed by atoms with van der Waals surface area (Å²) in [6.07, 6.45) is 2.40. The van der Waals surface area contributed by atoms with Gasteiger partial charge in [0.2, 0.25) is 0 Å². The number of fused-ring (bicyclic) bond motifs is 1. The lowest BCUT2D eigenvalue weighted by Crippen LogP contribution is -2.52. The summed E-state index contributed by atoms with van der Waals surface area (Å²) >= 11 is 0. The second kappa shape index (κ2) is 5.41. The lowest BCUT2D eigenvalue weighted by atomic mass is 9.99. The van der Waals surface area contributed by atoms with Crippen LogP contribution in [0.1, 0.15) is 25.8 Å². The number of anilines is 1. The van der Waals surface area contributed by atoms with Crippen LogP contribution in [0.15, 0.2) is 18.2 Å². The van der Waals surface area contributed by atoms with Gasteiger partial charge in [-0.3, -0.25) is 0 Å². The molecule has 1 N–H and O–H groups in total. The van der Waals surface area contributed by atoms with Gasteiger partial charge in [0, 0.05) is 37.3 Å². The Morgan fingerprint density at radius 2 is 2.21 bits per heavy atom. The SMILES string of the molecule is CC(C)N1CC(COc2ccc3c(c2)CCCN3)C1. The van der Waals surface area contributed by atoms with E-state index in [1.54, 1.807) is 0 Å². The molecule has 2 heterocycles. The number of nitrogens with one attached hydrogen (secondary N) is 1. The molecule has 0 amide bonds. The Morgan fingerprint density at radius 3 is 3.00 bits per heavy atom. The Hall–Kier alpha value is -1.22. The van der Waals surface area contributed by atoms with Gasteiger partial charge in [-0.05, 0) is 50.5 Å². The van der Waals surface area contributed by atoms with Crippen molar-refractivity contribution in [1.82, 2.24) is 4.90 Å². The van der Waals surface area contributed by atoms with Gasteiger partial charge in [0.05, 0.1) is 6.61 Å². The van der Waals surface area contributed by atoms with E-state index in [1.807, 2.05) is 0 Å². The first-order valence-corrected chi connectivity index (χ1v) is 7.46. The van der Waals surface area contributed by atoms with Gasteiger partial charge in [-0.2, -0.15) is 0 Å². The smallest absolute Gasteiger partial charge is 0.119 e. The number of aryl methyl sites for hydroxylation is 1. The van der Waals surface area contributed by atoms with Gasteiger partial charge in [-0.25, -0.2) is 0 Å². The van der Waals surface area contributed by atoms with Crippen molar-refractivity contribution < 1.29 is 4.74 Å². The molecule has 1 saturated heterocycles. The van der Waals surface area contributed by atoms with Crippen molar-refractivity contribution in [3.05, 3.63) is 23.8 Å². The molecule has 0 spiro atoms. The van der Waals surface area contributed by atoms with Crippen molar-refractivity contribution in [2.24, 2.45) is 5.92 Å². The molecule has 0 aromatic heterocycles. The summed E-state index contributed by atoms with van der Waals surface area (Å²) in [6.45, 7) is 8.84. The molecule has 0 unspecified atom stereocenters. The third kappa shape index (κ3) is 2.86. The van der Waals surface area contributed by atoms with Crippen molar-refractivity contribution in [1.29, 1.82) is 0 Å². The highest BCUT2D eigenvalue weighted by molar-refractivity contribution is 5.55. The van der Waals surface area contributed by atoms with E-state index in [1.165, 1.54) is 37.2 Å². The van der Waals surface area contributed by atoms with Gasteiger partial charge in [0.25, 0.3) is 0 Å². The molecule has 3 heteroatoms. The van der Waals surface area contributed by atoms with Gasteiger partial charge < -0.3 is 15.0 Å². The molecular weight excluding hydrogens is 236 g/mol. The van der Waals surface area contributed by atoms with E-state index < -0.39 is 0 Å². The van der Waals surface area contributed by atoms with Crippen molar-refractivity contribution in [2.75, 3.05) is 31.6 Å². The maximum atomic E-state index is 5.95. The molecule has 0 bridgehead atoms. The number of hydrogen-bond donors (Lipinski definition) is 1. The summed E-state index contributed by atoms with van der Waals surface area (Å²) in [6, 6.07) is 7.13. The quantitative estimate of drug-likeness (QED) is 0.901. The number of benzene rings is 1. The van der Waals surface area contributed by atoms with E-state index in [4.69, 9.17) is 4.74 Å². The Balaban J connectivity index is 1.51. The van der Waals surface area contributed by atoms with Crippen molar-refractivity contribution in [2.45, 2.75) is 32.7 Å². The predicted molar refractivity (Wildman–Crippen MR) is 78.9 cm³/mol. The molecule has 0 atom stereocenters. The van der Waals surface area contributed by atoms with Gasteiger partial charge in [-0.15, -0.1) is 0 Å². The second-order valence-electron chi connectivity index (χ2n) is 6.07. The first kappa shape index (κ1) is 12.8. The van der Waals surface area contributed by atoms with Crippen molar-refractivity contribution >= 4 is 5.69 Å². The summed E-state index contributed by atoms with van der Waals surface area (Å²) < 4.78 is 5.95. The largest absolute Gasteiger partial charge is 0.493 e. The first-order chi connectivity index (χ1) is 9.22. The third-order valence-corrected chi connectivity index (χ3v) is 4.22. The minimum absolute atomic E-state index is 0.672. The number of nitrogens with zero attached hydrogens (tertiary/aromatic N) is 1. The van der Waals surface area contributed by atoms with Crippen molar-refractivity contribution in [3.8, 4) is 5.75 Å². The molecule has 0 radical (unpaired) electrons. The van der Waals surface area contributed by atoms with Crippen LogP contribution in [0.3, 0.4) is 0 Å². The van der Waals surface area contributed by atoms with Crippen LogP contribution in [0.2, 0.25) is 0 Å². The van der Waals surface area contributed by atoms with Crippen LogP contribution in [0.4, 0.5) is 5.69 Å². The highest BCUT2D eigenvalue weighted by atomic mass is 16.5. The normalized spacial score (nSPS) is 19.7. The fraction of sp³-hybridized carbons (Fsp3) is 0.625. The molecule has 3 rings (SSSR count). The van der Waals surface area contributed by atoms with Crippen LogP contribution >= 0.6 is 0 Å². The molecule has 1 fully saturated rings. The maximum absolute atomic E-state index is 5.95. The molecule has 104 valence electrons. The van der Waals surface area contributed by atoms with E-state index >= 15 is 0 Å². The molecule has 2 aliphatic rings. The van der Waals surface area contributed by atoms with E-state index in [0.29, 0.717) is 12.0 Å². The van der Waals surface area contributed by atoms with Gasteiger partial charge in [-0.1, -0.05) is 0 Å². The average molecular weight is 260 g/mol. The molecule has 0 saturated carbocycles. The Labute approximate surface area is 115 Å². The lowest BCUT2D eigenvalue weighted by Gasteiger charge is -2.41. The standard InChI is InChI=1S/C16H24N2O/c1-12(2)18-9-13(10-18)11-19-15-5-6-16-14(8-15)4-3-7-17-16/h5-6,8,12-13,17H,3-4,7,9-11H2,1-2H3. The number of likely N-dealkylation sites (tertiary alicyclic amines) is 1. The molecule has 1 aromatic rings. The zero-order valence-corrected chi connectivity index (χ0v) is 12.0. The Bertz CT molecular complexity index is 438. The van der Waals surface area contributed by atoms with Gasteiger partial charge in [0.15, 0.2) is 0 Å². The molecule has 19 heavy (non-hydrogen) atoms. The van der Waals surface area contributed by atoms with Crippen LogP contribution in [0.5, 0.6) is 5.75 Å². The minimum atomic E-state index is 0.672. The maximum Gasteiger partial charge on any atom is 0.119 e. The summed E-state index contributed by atoms with van der Waals surface area (Å²) in [4.78, 5) is 2.49. The molecular formula is C16H24N2O. The van der Waals surface area contributed by atoms with Crippen LogP contribution in [0, 0.1) is 5.92 Å². The number of hydrogen-bond acceptors (Lipinski definition) is 3. The fourth-order valence-electron chi connectivity index (χ4n) is 2.89. The highest BCUT2D eigenvalue weighted by Crippen LogP contribution is 2.27. The topological polar surface area (TPSA) is 24.5 Å². The zero-order chi connectivity index (χ0) is 13.2. The number of rotatable bonds is 4. The Kier molecular flexibility index (Phi) is 3.65. The zero-order valence-electron chi connectivity index (χ0n) is 12.0. The van der Waals surface area contributed by atoms with Crippen LogP contribution in [-0.2, 0) is 6.42 Å². The van der Waals surface area contributed by atoms with E-state index in [9.17, 15) is 0 Å². The molecule has 2 aliphatic heterocycles. The van der Waals surface area contributed by atoms with Gasteiger partial charge >= 0.3 is 0 Å². The van der Waals surface area contributed by atoms with Gasteiger partial charge in [0.1, 0.15) is 5.75 Å². The fourth-order valence-corrected chi connectivity index (χ4v) is 2.89. The molecule has 0 aliphatic carbocycles. The average Bonchev–Trinajstić information content (AvgIpc) is 2.36. The lowest BCUT2D eigenvalue weighted by molar-refractivity contribution is 0.0375.